The van der Waals surface area contributed by atoms with Gasteiger partial charge in [-0.15, -0.1) is 0 Å². The Bertz CT molecular complexity index is 252. The van der Waals surface area contributed by atoms with Gasteiger partial charge in [0.2, 0.25) is 0 Å². The highest BCUT2D eigenvalue weighted by atomic mass is 32.2. The van der Waals surface area contributed by atoms with Gasteiger partial charge in [0, 0.05) is 11.3 Å². The first-order valence-electron chi connectivity index (χ1n) is 8.23. The minimum absolute atomic E-state index is 0.522. The van der Waals surface area contributed by atoms with Crippen LogP contribution in [0.2, 0.25) is 0 Å². The Morgan fingerprint density at radius 3 is 2.47 bits per heavy atom. The first-order chi connectivity index (χ1) is 8.94. The van der Waals surface area contributed by atoms with Gasteiger partial charge in [-0.1, -0.05) is 47.5 Å². The van der Waals surface area contributed by atoms with Crippen molar-refractivity contribution in [1.29, 1.82) is 0 Å². The van der Waals surface area contributed by atoms with Crippen LogP contribution < -0.4 is 5.32 Å². The third kappa shape index (κ3) is 4.97. The van der Waals surface area contributed by atoms with Crippen LogP contribution in [0.1, 0.15) is 66.7 Å². The highest BCUT2D eigenvalue weighted by molar-refractivity contribution is 7.99. The van der Waals surface area contributed by atoms with Gasteiger partial charge >= 0.3 is 0 Å². The van der Waals surface area contributed by atoms with Gasteiger partial charge in [0.25, 0.3) is 0 Å². The van der Waals surface area contributed by atoms with Crippen molar-refractivity contribution in [2.45, 2.75) is 78.0 Å². The molecule has 114 valence electrons. The zero-order valence-electron chi connectivity index (χ0n) is 14.0. The molecule has 0 saturated heterocycles. The smallest absolute Gasteiger partial charge is 0.0204 e. The highest BCUT2D eigenvalue weighted by Gasteiger charge is 2.36. The number of rotatable bonds is 7. The quantitative estimate of drug-likeness (QED) is 0.709. The van der Waals surface area contributed by atoms with E-state index in [-0.39, 0.29) is 0 Å². The number of hydrogen-bond acceptors (Lipinski definition) is 2. The molecule has 0 aromatic rings. The Labute approximate surface area is 125 Å². The van der Waals surface area contributed by atoms with Gasteiger partial charge in [-0.3, -0.25) is 0 Å². The van der Waals surface area contributed by atoms with E-state index in [0.717, 1.165) is 23.1 Å². The molecule has 1 rings (SSSR count). The van der Waals surface area contributed by atoms with Gasteiger partial charge in [-0.05, 0) is 49.3 Å². The molecule has 1 fully saturated rings. The zero-order valence-corrected chi connectivity index (χ0v) is 14.8. The number of hydrogen-bond donors (Lipinski definition) is 1. The molecule has 0 aliphatic heterocycles. The largest absolute Gasteiger partial charge is 0.316 e. The molecule has 0 amide bonds. The fraction of sp³-hybridized carbons (Fsp3) is 1.00. The summed E-state index contributed by atoms with van der Waals surface area (Å²) in [6.45, 7) is 12.0. The summed E-state index contributed by atoms with van der Waals surface area (Å²) in [4.78, 5) is 0. The SMILES string of the molecule is CCC(C)CSC1CC(C(C)(C)CC)CCC1NC. The second kappa shape index (κ2) is 7.93. The Balaban J connectivity index is 2.58. The van der Waals surface area contributed by atoms with E-state index in [0.29, 0.717) is 5.41 Å². The summed E-state index contributed by atoms with van der Waals surface area (Å²) in [6, 6.07) is 0.734. The molecule has 0 aromatic carbocycles. The molecule has 0 spiro atoms. The first-order valence-corrected chi connectivity index (χ1v) is 9.28. The summed E-state index contributed by atoms with van der Waals surface area (Å²) < 4.78 is 0. The molecule has 0 heterocycles. The maximum Gasteiger partial charge on any atom is 0.0204 e. The van der Waals surface area contributed by atoms with Crippen molar-refractivity contribution < 1.29 is 0 Å². The van der Waals surface area contributed by atoms with Crippen molar-refractivity contribution in [3.63, 3.8) is 0 Å². The lowest BCUT2D eigenvalue weighted by atomic mass is 9.68. The summed E-state index contributed by atoms with van der Waals surface area (Å²) in [6.07, 6.45) is 6.81. The fourth-order valence-electron chi connectivity index (χ4n) is 3.05. The minimum atomic E-state index is 0.522. The maximum absolute atomic E-state index is 3.56. The van der Waals surface area contributed by atoms with Gasteiger partial charge in [-0.2, -0.15) is 11.8 Å². The molecule has 0 radical (unpaired) electrons. The van der Waals surface area contributed by atoms with Gasteiger partial charge in [0.1, 0.15) is 0 Å². The molecule has 1 aliphatic rings. The maximum atomic E-state index is 3.56. The lowest BCUT2D eigenvalue weighted by Gasteiger charge is -2.43. The summed E-state index contributed by atoms with van der Waals surface area (Å²) in [5.74, 6) is 3.11. The average molecular weight is 286 g/mol. The van der Waals surface area contributed by atoms with Gasteiger partial charge in [0.05, 0.1) is 0 Å². The van der Waals surface area contributed by atoms with Crippen LogP contribution in [0.15, 0.2) is 0 Å². The molecule has 19 heavy (non-hydrogen) atoms. The van der Waals surface area contributed by atoms with Crippen LogP contribution in [0.3, 0.4) is 0 Å². The van der Waals surface area contributed by atoms with E-state index < -0.39 is 0 Å². The summed E-state index contributed by atoms with van der Waals surface area (Å²) in [7, 11) is 2.15. The topological polar surface area (TPSA) is 12.0 Å². The van der Waals surface area contributed by atoms with Gasteiger partial charge in [0.15, 0.2) is 0 Å². The predicted octanol–water partition coefficient (Wildman–Crippen LogP) is 4.96. The molecule has 0 aromatic heterocycles. The van der Waals surface area contributed by atoms with E-state index in [4.69, 9.17) is 0 Å². The van der Waals surface area contributed by atoms with Crippen LogP contribution in [0.25, 0.3) is 0 Å². The summed E-state index contributed by atoms with van der Waals surface area (Å²) >= 11 is 2.23. The van der Waals surface area contributed by atoms with Crippen LogP contribution in [-0.2, 0) is 0 Å². The van der Waals surface area contributed by atoms with Crippen molar-refractivity contribution >= 4 is 11.8 Å². The number of thioether (sulfide) groups is 1. The lowest BCUT2D eigenvalue weighted by molar-refractivity contribution is 0.142. The minimum Gasteiger partial charge on any atom is -0.316 e. The molecule has 1 aliphatic carbocycles. The van der Waals surface area contributed by atoms with Crippen LogP contribution in [0.4, 0.5) is 0 Å². The predicted molar refractivity (Wildman–Crippen MR) is 90.0 cm³/mol. The third-order valence-electron chi connectivity index (χ3n) is 5.47. The molecule has 4 atom stereocenters. The second-order valence-corrected chi connectivity index (χ2v) is 8.40. The standard InChI is InChI=1S/C17H35NS/c1-7-13(3)12-19-16-11-14(17(4,5)8-2)9-10-15(16)18-6/h13-16,18H,7-12H2,1-6H3. The average Bonchev–Trinajstić information content (AvgIpc) is 2.44. The van der Waals surface area contributed by atoms with Crippen LogP contribution in [-0.4, -0.2) is 24.1 Å². The molecule has 4 unspecified atom stereocenters. The van der Waals surface area contributed by atoms with Crippen LogP contribution in [0.5, 0.6) is 0 Å². The van der Waals surface area contributed by atoms with Gasteiger partial charge < -0.3 is 5.32 Å². The molecule has 1 saturated carbocycles. The Kier molecular flexibility index (Phi) is 7.24. The molecule has 2 heteroatoms. The summed E-state index contributed by atoms with van der Waals surface area (Å²) in [5.41, 5.74) is 0.522. The van der Waals surface area contributed by atoms with Crippen molar-refractivity contribution in [3.8, 4) is 0 Å². The first kappa shape index (κ1) is 17.4. The molecular formula is C17H35NS. The number of nitrogens with one attached hydrogen (secondary N) is 1. The molecule has 1 N–H and O–H groups in total. The summed E-state index contributed by atoms with van der Waals surface area (Å²) in [5, 5.41) is 4.39. The Hall–Kier alpha value is 0.310. The van der Waals surface area contributed by atoms with E-state index in [1.165, 1.54) is 37.9 Å². The second-order valence-electron chi connectivity index (χ2n) is 7.13. The zero-order chi connectivity index (χ0) is 14.5. The van der Waals surface area contributed by atoms with E-state index in [1.54, 1.807) is 0 Å². The lowest BCUT2D eigenvalue weighted by Crippen LogP contribution is -2.44. The fourth-order valence-corrected chi connectivity index (χ4v) is 4.73. The highest BCUT2D eigenvalue weighted by Crippen LogP contribution is 2.43. The van der Waals surface area contributed by atoms with E-state index in [1.807, 2.05) is 0 Å². The normalized spacial score (nSPS) is 30.3. The van der Waals surface area contributed by atoms with Crippen LogP contribution in [0, 0.1) is 17.3 Å². The van der Waals surface area contributed by atoms with Gasteiger partial charge in [-0.25, -0.2) is 0 Å². The molecular weight excluding hydrogens is 250 g/mol. The molecule has 0 bridgehead atoms. The monoisotopic (exact) mass is 285 g/mol. The van der Waals surface area contributed by atoms with Crippen molar-refractivity contribution in [3.05, 3.63) is 0 Å². The van der Waals surface area contributed by atoms with E-state index in [2.05, 4.69) is 58.7 Å². The van der Waals surface area contributed by atoms with E-state index in [9.17, 15) is 0 Å². The van der Waals surface area contributed by atoms with Crippen molar-refractivity contribution in [2.24, 2.45) is 17.3 Å². The molecule has 1 nitrogen and oxygen atoms in total. The third-order valence-corrected chi connectivity index (χ3v) is 7.18. The Morgan fingerprint density at radius 1 is 1.26 bits per heavy atom. The van der Waals surface area contributed by atoms with Crippen molar-refractivity contribution in [1.82, 2.24) is 5.32 Å². The van der Waals surface area contributed by atoms with Crippen LogP contribution >= 0.6 is 11.8 Å². The Morgan fingerprint density at radius 2 is 1.95 bits per heavy atom. The van der Waals surface area contributed by atoms with E-state index >= 15 is 0 Å². The van der Waals surface area contributed by atoms with Crippen molar-refractivity contribution in [2.75, 3.05) is 12.8 Å².